The summed E-state index contributed by atoms with van der Waals surface area (Å²) in [5.41, 5.74) is 5.10. The molecule has 0 bridgehead atoms. The Balaban J connectivity index is 2.47. The summed E-state index contributed by atoms with van der Waals surface area (Å²) in [6.45, 7) is -1.08. The van der Waals surface area contributed by atoms with Crippen molar-refractivity contribution >= 4 is 0 Å². The van der Waals surface area contributed by atoms with Gasteiger partial charge in [0, 0.05) is 11.6 Å². The minimum absolute atomic E-state index is 0.163. The van der Waals surface area contributed by atoms with E-state index in [2.05, 4.69) is 0 Å². The van der Waals surface area contributed by atoms with Crippen molar-refractivity contribution in [3.05, 3.63) is 0 Å². The first-order valence-electron chi connectivity index (χ1n) is 4.92. The van der Waals surface area contributed by atoms with Gasteiger partial charge in [0.15, 0.2) is 0 Å². The number of nitrogens with zero attached hydrogens (tertiary/aromatic N) is 1. The molecular weight excluding hydrogens is 209 g/mol. The van der Waals surface area contributed by atoms with Crippen molar-refractivity contribution in [2.75, 3.05) is 20.2 Å². The molecule has 3 nitrogen and oxygen atoms in total. The van der Waals surface area contributed by atoms with E-state index in [0.717, 1.165) is 0 Å². The van der Waals surface area contributed by atoms with E-state index in [1.807, 2.05) is 0 Å². The average molecular weight is 226 g/mol. The molecule has 15 heavy (non-hydrogen) atoms. The van der Waals surface area contributed by atoms with Crippen LogP contribution in [0.1, 0.15) is 19.3 Å². The van der Waals surface area contributed by atoms with Crippen molar-refractivity contribution in [2.45, 2.75) is 37.0 Å². The van der Waals surface area contributed by atoms with Crippen LogP contribution in [0.4, 0.5) is 13.2 Å². The maximum atomic E-state index is 12.1. The Hall–Kier alpha value is -0.330. The lowest BCUT2D eigenvalue weighted by Crippen LogP contribution is -2.44. The van der Waals surface area contributed by atoms with Gasteiger partial charge in [-0.15, -0.1) is 0 Å². The molecule has 0 heterocycles. The molecular formula is C9H17F3N2O. The molecule has 0 saturated heterocycles. The molecule has 1 aliphatic carbocycles. The summed E-state index contributed by atoms with van der Waals surface area (Å²) in [5.74, 6) is 0. The molecule has 0 spiro atoms. The number of hydrogen-bond donors (Lipinski definition) is 2. The standard InChI is InChI=1S/C9H17F3N2O/c1-14(5-9(10,11)12)7-2-3-8(13,4-7)6-15/h7,15H,2-6,13H2,1H3. The third-order valence-corrected chi connectivity index (χ3v) is 2.98. The van der Waals surface area contributed by atoms with Crippen LogP contribution in [0.2, 0.25) is 0 Å². The molecule has 0 aromatic rings. The highest BCUT2D eigenvalue weighted by atomic mass is 19.4. The quantitative estimate of drug-likeness (QED) is 0.745. The van der Waals surface area contributed by atoms with E-state index in [1.165, 1.54) is 11.9 Å². The lowest BCUT2D eigenvalue weighted by atomic mass is 10.0. The van der Waals surface area contributed by atoms with Crippen LogP contribution in [0.5, 0.6) is 0 Å². The number of hydrogen-bond acceptors (Lipinski definition) is 3. The Kier molecular flexibility index (Phi) is 3.63. The Morgan fingerprint density at radius 1 is 1.53 bits per heavy atom. The van der Waals surface area contributed by atoms with E-state index in [-0.39, 0.29) is 12.6 Å². The molecule has 3 N–H and O–H groups in total. The Morgan fingerprint density at radius 2 is 2.13 bits per heavy atom. The lowest BCUT2D eigenvalue weighted by Gasteiger charge is -2.27. The fraction of sp³-hybridized carbons (Fsp3) is 1.00. The maximum absolute atomic E-state index is 12.1. The third-order valence-electron chi connectivity index (χ3n) is 2.98. The number of rotatable bonds is 3. The van der Waals surface area contributed by atoms with Gasteiger partial charge in [-0.25, -0.2) is 0 Å². The minimum Gasteiger partial charge on any atom is -0.394 e. The Bertz CT molecular complexity index is 222. The molecule has 2 unspecified atom stereocenters. The van der Waals surface area contributed by atoms with Crippen LogP contribution in [0.15, 0.2) is 0 Å². The van der Waals surface area contributed by atoms with Gasteiger partial charge in [0.05, 0.1) is 13.2 Å². The first-order valence-corrected chi connectivity index (χ1v) is 4.92. The third kappa shape index (κ3) is 3.62. The van der Waals surface area contributed by atoms with Gasteiger partial charge in [-0.2, -0.15) is 13.2 Å². The molecule has 0 radical (unpaired) electrons. The Labute approximate surface area is 87.0 Å². The van der Waals surface area contributed by atoms with Crippen molar-refractivity contribution in [1.29, 1.82) is 0 Å². The van der Waals surface area contributed by atoms with Gasteiger partial charge in [-0.1, -0.05) is 0 Å². The van der Waals surface area contributed by atoms with Gasteiger partial charge in [-0.05, 0) is 26.3 Å². The van der Waals surface area contributed by atoms with Crippen LogP contribution in [-0.4, -0.2) is 48.0 Å². The molecule has 0 aliphatic heterocycles. The monoisotopic (exact) mass is 226 g/mol. The number of halogens is 3. The molecule has 2 atom stereocenters. The largest absolute Gasteiger partial charge is 0.401 e. The van der Waals surface area contributed by atoms with Crippen LogP contribution in [0.3, 0.4) is 0 Å². The molecule has 0 aromatic heterocycles. The Morgan fingerprint density at radius 3 is 2.53 bits per heavy atom. The average Bonchev–Trinajstić information content (AvgIpc) is 2.46. The highest BCUT2D eigenvalue weighted by Gasteiger charge is 2.39. The summed E-state index contributed by atoms with van der Waals surface area (Å²) in [4.78, 5) is 1.27. The fourth-order valence-electron chi connectivity index (χ4n) is 2.06. The van der Waals surface area contributed by atoms with Gasteiger partial charge in [0.25, 0.3) is 0 Å². The zero-order valence-corrected chi connectivity index (χ0v) is 8.72. The first kappa shape index (κ1) is 12.7. The second-order valence-electron chi connectivity index (χ2n) is 4.45. The molecule has 1 saturated carbocycles. The van der Waals surface area contributed by atoms with Crippen molar-refractivity contribution in [2.24, 2.45) is 5.73 Å². The topological polar surface area (TPSA) is 49.5 Å². The van der Waals surface area contributed by atoms with E-state index in [4.69, 9.17) is 10.8 Å². The number of aliphatic hydroxyl groups excluding tert-OH is 1. The smallest absolute Gasteiger partial charge is 0.394 e. The van der Waals surface area contributed by atoms with Crippen LogP contribution < -0.4 is 5.73 Å². The highest BCUT2D eigenvalue weighted by molar-refractivity contribution is 4.96. The number of aliphatic hydroxyl groups is 1. The molecule has 1 rings (SSSR count). The normalized spacial score (nSPS) is 32.6. The number of nitrogens with two attached hydrogens (primary N) is 1. The van der Waals surface area contributed by atoms with Gasteiger partial charge < -0.3 is 10.8 Å². The van der Waals surface area contributed by atoms with E-state index in [1.54, 1.807) is 0 Å². The summed E-state index contributed by atoms with van der Waals surface area (Å²) in [7, 11) is 1.45. The lowest BCUT2D eigenvalue weighted by molar-refractivity contribution is -0.147. The van der Waals surface area contributed by atoms with Crippen molar-refractivity contribution in [3.8, 4) is 0 Å². The van der Waals surface area contributed by atoms with Gasteiger partial charge >= 0.3 is 6.18 Å². The van der Waals surface area contributed by atoms with E-state index >= 15 is 0 Å². The SMILES string of the molecule is CN(CC(F)(F)F)C1CCC(N)(CO)C1. The van der Waals surface area contributed by atoms with Gasteiger partial charge in [0.2, 0.25) is 0 Å². The first-order chi connectivity index (χ1) is 6.76. The summed E-state index contributed by atoms with van der Waals surface area (Å²) in [6.07, 6.45) is -2.55. The molecule has 6 heteroatoms. The molecule has 1 fully saturated rings. The summed E-state index contributed by atoms with van der Waals surface area (Å²) >= 11 is 0. The molecule has 0 aromatic carbocycles. The van der Waals surface area contributed by atoms with Gasteiger partial charge in [-0.3, -0.25) is 4.90 Å². The van der Waals surface area contributed by atoms with E-state index in [9.17, 15) is 13.2 Å². The van der Waals surface area contributed by atoms with Crippen LogP contribution in [0, 0.1) is 0 Å². The summed E-state index contributed by atoms with van der Waals surface area (Å²) in [6, 6.07) is -0.177. The fourth-order valence-corrected chi connectivity index (χ4v) is 2.06. The van der Waals surface area contributed by atoms with Crippen molar-refractivity contribution in [3.63, 3.8) is 0 Å². The van der Waals surface area contributed by atoms with Crippen molar-refractivity contribution < 1.29 is 18.3 Å². The van der Waals surface area contributed by atoms with E-state index < -0.39 is 18.3 Å². The molecule has 90 valence electrons. The zero-order chi connectivity index (χ0) is 11.7. The zero-order valence-electron chi connectivity index (χ0n) is 8.72. The second-order valence-corrected chi connectivity index (χ2v) is 4.45. The van der Waals surface area contributed by atoms with Gasteiger partial charge in [0.1, 0.15) is 0 Å². The second kappa shape index (κ2) is 4.27. The van der Waals surface area contributed by atoms with Crippen LogP contribution in [-0.2, 0) is 0 Å². The van der Waals surface area contributed by atoms with E-state index in [0.29, 0.717) is 19.3 Å². The van der Waals surface area contributed by atoms with Crippen molar-refractivity contribution in [1.82, 2.24) is 4.90 Å². The summed E-state index contributed by atoms with van der Waals surface area (Å²) < 4.78 is 36.3. The summed E-state index contributed by atoms with van der Waals surface area (Å²) in [5, 5.41) is 8.99. The molecule has 0 amide bonds. The minimum atomic E-state index is -4.17. The molecule has 1 aliphatic rings. The predicted molar refractivity (Wildman–Crippen MR) is 50.3 cm³/mol. The predicted octanol–water partition coefficient (Wildman–Crippen LogP) is 0.723. The maximum Gasteiger partial charge on any atom is 0.401 e. The highest BCUT2D eigenvalue weighted by Crippen LogP contribution is 2.31. The van der Waals surface area contributed by atoms with Crippen LogP contribution >= 0.6 is 0 Å². The van der Waals surface area contributed by atoms with Crippen LogP contribution in [0.25, 0.3) is 0 Å². The number of alkyl halides is 3.